The molecule has 2 amide bonds. The van der Waals surface area contributed by atoms with Gasteiger partial charge in [-0.1, -0.05) is 18.2 Å². The Labute approximate surface area is 174 Å². The molecule has 0 aromatic heterocycles. The Morgan fingerprint density at radius 1 is 0.633 bits per heavy atom. The normalized spacial score (nSPS) is 10.0. The molecule has 7 heteroatoms. The van der Waals surface area contributed by atoms with Crippen LogP contribution in [0.5, 0.6) is 17.2 Å². The molecule has 0 unspecified atom stereocenters. The van der Waals surface area contributed by atoms with Crippen molar-refractivity contribution >= 4 is 11.8 Å². The van der Waals surface area contributed by atoms with Gasteiger partial charge in [-0.25, -0.2) is 0 Å². The zero-order valence-corrected chi connectivity index (χ0v) is 16.5. The molecule has 0 saturated heterocycles. The van der Waals surface area contributed by atoms with Crippen LogP contribution < -0.4 is 25.1 Å². The van der Waals surface area contributed by atoms with Crippen molar-refractivity contribution in [2.75, 3.05) is 20.3 Å². The SMILES string of the molecule is COc1ccc(C(=O)NNC(=O)c2ccc(OCCOc3ccccc3)cc2)cc1. The maximum Gasteiger partial charge on any atom is 0.269 e. The van der Waals surface area contributed by atoms with Gasteiger partial charge in [-0.05, 0) is 60.7 Å². The van der Waals surface area contributed by atoms with Crippen LogP contribution in [-0.2, 0) is 0 Å². The Hall–Kier alpha value is -4.00. The molecular formula is C23H22N2O5. The molecule has 3 aromatic carbocycles. The first kappa shape index (κ1) is 20.7. The molecule has 154 valence electrons. The number of amides is 2. The van der Waals surface area contributed by atoms with Crippen molar-refractivity contribution in [1.82, 2.24) is 10.9 Å². The van der Waals surface area contributed by atoms with Crippen LogP contribution in [-0.4, -0.2) is 32.1 Å². The van der Waals surface area contributed by atoms with Gasteiger partial charge in [0, 0.05) is 11.1 Å². The second kappa shape index (κ2) is 10.5. The minimum absolute atomic E-state index is 0.373. The zero-order chi connectivity index (χ0) is 21.2. The predicted molar refractivity (Wildman–Crippen MR) is 112 cm³/mol. The summed E-state index contributed by atoms with van der Waals surface area (Å²) in [5, 5.41) is 0. The number of hydrogen-bond acceptors (Lipinski definition) is 5. The largest absolute Gasteiger partial charge is 0.497 e. The van der Waals surface area contributed by atoms with Crippen molar-refractivity contribution in [3.05, 3.63) is 90.0 Å². The lowest BCUT2D eigenvalue weighted by atomic mass is 10.2. The van der Waals surface area contributed by atoms with E-state index in [1.807, 2.05) is 30.3 Å². The number of para-hydroxylation sites is 1. The van der Waals surface area contributed by atoms with Crippen LogP contribution in [0.3, 0.4) is 0 Å². The molecule has 0 bridgehead atoms. The number of nitrogens with one attached hydrogen (secondary N) is 2. The quantitative estimate of drug-likeness (QED) is 0.443. The van der Waals surface area contributed by atoms with Crippen LogP contribution in [0.1, 0.15) is 20.7 Å². The van der Waals surface area contributed by atoms with E-state index in [9.17, 15) is 9.59 Å². The van der Waals surface area contributed by atoms with Crippen molar-refractivity contribution in [2.24, 2.45) is 0 Å². The van der Waals surface area contributed by atoms with Gasteiger partial charge >= 0.3 is 0 Å². The van der Waals surface area contributed by atoms with Gasteiger partial charge in [0.05, 0.1) is 7.11 Å². The van der Waals surface area contributed by atoms with Crippen molar-refractivity contribution in [3.8, 4) is 17.2 Å². The number of ether oxygens (including phenoxy) is 3. The highest BCUT2D eigenvalue weighted by molar-refractivity contribution is 5.99. The second-order valence-electron chi connectivity index (χ2n) is 6.17. The number of hydrogen-bond donors (Lipinski definition) is 2. The highest BCUT2D eigenvalue weighted by atomic mass is 16.5. The molecule has 0 radical (unpaired) electrons. The van der Waals surface area contributed by atoms with E-state index in [2.05, 4.69) is 10.9 Å². The van der Waals surface area contributed by atoms with Gasteiger partial charge in [-0.3, -0.25) is 20.4 Å². The Morgan fingerprint density at radius 2 is 1.07 bits per heavy atom. The van der Waals surface area contributed by atoms with Crippen molar-refractivity contribution < 1.29 is 23.8 Å². The molecule has 0 aliphatic heterocycles. The summed E-state index contributed by atoms with van der Waals surface area (Å²) in [6.07, 6.45) is 0. The van der Waals surface area contributed by atoms with Gasteiger partial charge in [-0.15, -0.1) is 0 Å². The predicted octanol–water partition coefficient (Wildman–Crippen LogP) is 3.23. The number of methoxy groups -OCH3 is 1. The maximum atomic E-state index is 12.2. The topological polar surface area (TPSA) is 85.9 Å². The maximum absolute atomic E-state index is 12.2. The Kier molecular flexibility index (Phi) is 7.27. The van der Waals surface area contributed by atoms with Gasteiger partial charge < -0.3 is 14.2 Å². The Balaban J connectivity index is 1.42. The van der Waals surface area contributed by atoms with Crippen LogP contribution >= 0.6 is 0 Å². The summed E-state index contributed by atoms with van der Waals surface area (Å²) in [6.45, 7) is 0.780. The van der Waals surface area contributed by atoms with Crippen LogP contribution in [0.15, 0.2) is 78.9 Å². The molecule has 30 heavy (non-hydrogen) atoms. The summed E-state index contributed by atoms with van der Waals surface area (Å²) in [6, 6.07) is 22.6. The molecule has 3 aromatic rings. The summed E-state index contributed by atoms with van der Waals surface area (Å²) in [7, 11) is 1.55. The van der Waals surface area contributed by atoms with Gasteiger partial charge in [-0.2, -0.15) is 0 Å². The lowest BCUT2D eigenvalue weighted by molar-refractivity contribution is 0.0846. The van der Waals surface area contributed by atoms with E-state index in [0.29, 0.717) is 35.8 Å². The van der Waals surface area contributed by atoms with Crippen molar-refractivity contribution in [3.63, 3.8) is 0 Å². The van der Waals surface area contributed by atoms with Crippen LogP contribution in [0.25, 0.3) is 0 Å². The molecule has 0 heterocycles. The number of carbonyl (C=O) groups excluding carboxylic acids is 2. The van der Waals surface area contributed by atoms with Crippen molar-refractivity contribution in [1.29, 1.82) is 0 Å². The Morgan fingerprint density at radius 3 is 1.53 bits per heavy atom. The minimum Gasteiger partial charge on any atom is -0.497 e. The van der Waals surface area contributed by atoms with Gasteiger partial charge in [0.2, 0.25) is 0 Å². The summed E-state index contributed by atoms with van der Waals surface area (Å²) in [5.41, 5.74) is 5.55. The molecule has 0 fully saturated rings. The zero-order valence-electron chi connectivity index (χ0n) is 16.5. The first-order valence-electron chi connectivity index (χ1n) is 9.31. The molecule has 3 rings (SSSR count). The smallest absolute Gasteiger partial charge is 0.269 e. The summed E-state index contributed by atoms with van der Waals surface area (Å²) >= 11 is 0. The number of rotatable bonds is 8. The van der Waals surface area contributed by atoms with E-state index in [1.54, 1.807) is 55.6 Å². The van der Waals surface area contributed by atoms with Crippen molar-refractivity contribution in [2.45, 2.75) is 0 Å². The van der Waals surface area contributed by atoms with Gasteiger partial charge in [0.1, 0.15) is 30.5 Å². The lowest BCUT2D eigenvalue weighted by Crippen LogP contribution is -2.41. The van der Waals surface area contributed by atoms with Crippen LogP contribution in [0, 0.1) is 0 Å². The molecular weight excluding hydrogens is 384 g/mol. The van der Waals surface area contributed by atoms with E-state index in [4.69, 9.17) is 14.2 Å². The fourth-order valence-electron chi connectivity index (χ4n) is 2.54. The third kappa shape index (κ3) is 6.00. The number of benzene rings is 3. The highest BCUT2D eigenvalue weighted by Gasteiger charge is 2.09. The monoisotopic (exact) mass is 406 g/mol. The standard InChI is InChI=1S/C23H22N2O5/c1-28-19-11-7-17(8-12-19)22(26)24-25-23(27)18-9-13-21(14-10-18)30-16-15-29-20-5-3-2-4-6-20/h2-14H,15-16H2,1H3,(H,24,26)(H,25,27). The van der Waals surface area contributed by atoms with E-state index in [0.717, 1.165) is 5.75 Å². The fourth-order valence-corrected chi connectivity index (χ4v) is 2.54. The van der Waals surface area contributed by atoms with E-state index in [1.165, 1.54) is 0 Å². The first-order valence-corrected chi connectivity index (χ1v) is 9.31. The minimum atomic E-state index is -0.434. The Bertz CT molecular complexity index is 957. The lowest BCUT2D eigenvalue weighted by Gasteiger charge is -2.10. The van der Waals surface area contributed by atoms with Crippen LogP contribution in [0.4, 0.5) is 0 Å². The fraction of sp³-hybridized carbons (Fsp3) is 0.130. The average molecular weight is 406 g/mol. The molecule has 0 aliphatic rings. The molecule has 0 atom stereocenters. The molecule has 0 aliphatic carbocycles. The molecule has 7 nitrogen and oxygen atoms in total. The molecule has 0 spiro atoms. The van der Waals surface area contributed by atoms with E-state index in [-0.39, 0.29) is 0 Å². The third-order valence-electron chi connectivity index (χ3n) is 4.12. The van der Waals surface area contributed by atoms with E-state index < -0.39 is 11.8 Å². The molecule has 0 saturated carbocycles. The van der Waals surface area contributed by atoms with Gasteiger partial charge in [0.25, 0.3) is 11.8 Å². The van der Waals surface area contributed by atoms with Gasteiger partial charge in [0.15, 0.2) is 0 Å². The summed E-state index contributed by atoms with van der Waals surface area (Å²) in [4.78, 5) is 24.3. The second-order valence-corrected chi connectivity index (χ2v) is 6.17. The van der Waals surface area contributed by atoms with Crippen LogP contribution in [0.2, 0.25) is 0 Å². The highest BCUT2D eigenvalue weighted by Crippen LogP contribution is 2.13. The third-order valence-corrected chi connectivity index (χ3v) is 4.12. The number of carbonyl (C=O) groups is 2. The molecule has 2 N–H and O–H groups in total. The summed E-state index contributed by atoms with van der Waals surface area (Å²) < 4.78 is 16.2. The van der Waals surface area contributed by atoms with E-state index >= 15 is 0 Å². The average Bonchev–Trinajstić information content (AvgIpc) is 2.81. The number of hydrazine groups is 1. The summed E-state index contributed by atoms with van der Waals surface area (Å²) in [5.74, 6) is 1.18. The first-order chi connectivity index (χ1) is 14.7.